The molecule has 1 unspecified atom stereocenters. The number of hydrogen-bond acceptors (Lipinski definition) is 4. The summed E-state index contributed by atoms with van der Waals surface area (Å²) in [7, 11) is 1.30. The van der Waals surface area contributed by atoms with Crippen LogP contribution in [-0.4, -0.2) is 30.8 Å². The van der Waals surface area contributed by atoms with E-state index in [9.17, 15) is 14.7 Å². The lowest BCUT2D eigenvalue weighted by atomic mass is 10.1. The Morgan fingerprint density at radius 3 is 2.79 bits per heavy atom. The van der Waals surface area contributed by atoms with Crippen LogP contribution in [-0.2, 0) is 9.53 Å². The molecule has 0 aliphatic carbocycles. The molecular formula is C13H18N2O4. The van der Waals surface area contributed by atoms with E-state index in [4.69, 9.17) is 0 Å². The second-order valence-corrected chi connectivity index (χ2v) is 4.01. The third-order valence-corrected chi connectivity index (χ3v) is 2.47. The number of esters is 1. The van der Waals surface area contributed by atoms with E-state index in [1.54, 1.807) is 31.2 Å². The molecule has 0 spiro atoms. The summed E-state index contributed by atoms with van der Waals surface area (Å²) in [5.74, 6) is -0.378. The van der Waals surface area contributed by atoms with Crippen molar-refractivity contribution in [3.8, 4) is 0 Å². The van der Waals surface area contributed by atoms with Gasteiger partial charge in [0.15, 0.2) is 0 Å². The number of urea groups is 1. The number of hydrogen-bond donors (Lipinski definition) is 3. The molecule has 1 atom stereocenters. The normalized spacial score (nSPS) is 11.5. The Morgan fingerprint density at radius 2 is 2.16 bits per heavy atom. The summed E-state index contributed by atoms with van der Waals surface area (Å²) in [6.45, 7) is 1.85. The molecule has 104 valence electrons. The monoisotopic (exact) mass is 266 g/mol. The Kier molecular flexibility index (Phi) is 5.81. The standard InChI is InChI=1S/C13H18N2O4/c1-9(16)10-4-3-5-11(8-10)15-13(18)14-7-6-12(17)19-2/h3-5,8-9,16H,6-7H2,1-2H3,(H2,14,15,18). The van der Waals surface area contributed by atoms with Gasteiger partial charge in [0.05, 0.1) is 19.6 Å². The molecule has 0 bridgehead atoms. The highest BCUT2D eigenvalue weighted by atomic mass is 16.5. The molecule has 0 saturated heterocycles. The van der Waals surface area contributed by atoms with Crippen LogP contribution in [0.25, 0.3) is 0 Å². The molecule has 0 radical (unpaired) electrons. The minimum absolute atomic E-state index is 0.123. The SMILES string of the molecule is COC(=O)CCNC(=O)Nc1cccc(C(C)O)c1. The molecule has 0 aromatic heterocycles. The van der Waals surface area contributed by atoms with E-state index in [-0.39, 0.29) is 18.9 Å². The average molecular weight is 266 g/mol. The van der Waals surface area contributed by atoms with Crippen LogP contribution >= 0.6 is 0 Å². The van der Waals surface area contributed by atoms with E-state index in [2.05, 4.69) is 15.4 Å². The molecule has 6 nitrogen and oxygen atoms in total. The maximum atomic E-state index is 11.5. The molecular weight excluding hydrogens is 248 g/mol. The molecule has 2 amide bonds. The molecule has 1 aromatic carbocycles. The van der Waals surface area contributed by atoms with Gasteiger partial charge in [-0.2, -0.15) is 0 Å². The van der Waals surface area contributed by atoms with Crippen molar-refractivity contribution in [2.24, 2.45) is 0 Å². The topological polar surface area (TPSA) is 87.7 Å². The molecule has 0 fully saturated rings. The summed E-state index contributed by atoms with van der Waals surface area (Å²) >= 11 is 0. The zero-order valence-electron chi connectivity index (χ0n) is 11.0. The van der Waals surface area contributed by atoms with E-state index in [1.807, 2.05) is 0 Å². The molecule has 0 heterocycles. The zero-order chi connectivity index (χ0) is 14.3. The van der Waals surface area contributed by atoms with Gasteiger partial charge in [-0.15, -0.1) is 0 Å². The fraction of sp³-hybridized carbons (Fsp3) is 0.385. The third-order valence-electron chi connectivity index (χ3n) is 2.47. The predicted molar refractivity (Wildman–Crippen MR) is 70.7 cm³/mol. The quantitative estimate of drug-likeness (QED) is 0.703. The van der Waals surface area contributed by atoms with Gasteiger partial charge in [-0.05, 0) is 24.6 Å². The first kappa shape index (κ1) is 15.0. The van der Waals surface area contributed by atoms with Gasteiger partial charge >= 0.3 is 12.0 Å². The summed E-state index contributed by atoms with van der Waals surface area (Å²) in [6, 6.07) is 6.50. The summed E-state index contributed by atoms with van der Waals surface area (Å²) in [5.41, 5.74) is 1.29. The lowest BCUT2D eigenvalue weighted by Gasteiger charge is -2.10. The lowest BCUT2D eigenvalue weighted by molar-refractivity contribution is -0.140. The van der Waals surface area contributed by atoms with Crippen molar-refractivity contribution in [1.82, 2.24) is 5.32 Å². The van der Waals surface area contributed by atoms with E-state index in [0.29, 0.717) is 11.3 Å². The number of carbonyl (C=O) groups excluding carboxylic acids is 2. The Morgan fingerprint density at radius 1 is 1.42 bits per heavy atom. The van der Waals surface area contributed by atoms with Crippen LogP contribution in [0, 0.1) is 0 Å². The van der Waals surface area contributed by atoms with Gasteiger partial charge in [0.2, 0.25) is 0 Å². The molecule has 1 aromatic rings. The number of aliphatic hydroxyl groups is 1. The van der Waals surface area contributed by atoms with Crippen molar-refractivity contribution in [2.45, 2.75) is 19.4 Å². The van der Waals surface area contributed by atoms with Crippen molar-refractivity contribution in [1.29, 1.82) is 0 Å². The predicted octanol–water partition coefficient (Wildman–Crippen LogP) is 1.42. The van der Waals surface area contributed by atoms with Crippen molar-refractivity contribution in [2.75, 3.05) is 19.0 Å². The first-order chi connectivity index (χ1) is 9.02. The molecule has 19 heavy (non-hydrogen) atoms. The van der Waals surface area contributed by atoms with Gasteiger partial charge in [0, 0.05) is 12.2 Å². The maximum absolute atomic E-state index is 11.5. The molecule has 1 rings (SSSR count). The minimum atomic E-state index is -0.593. The highest BCUT2D eigenvalue weighted by molar-refractivity contribution is 5.89. The number of carbonyl (C=O) groups is 2. The summed E-state index contributed by atoms with van der Waals surface area (Å²) in [4.78, 5) is 22.4. The van der Waals surface area contributed by atoms with Crippen LogP contribution in [0.3, 0.4) is 0 Å². The largest absolute Gasteiger partial charge is 0.469 e. The minimum Gasteiger partial charge on any atom is -0.469 e. The van der Waals surface area contributed by atoms with Crippen LogP contribution in [0.5, 0.6) is 0 Å². The number of anilines is 1. The van der Waals surface area contributed by atoms with Gasteiger partial charge in [-0.3, -0.25) is 4.79 Å². The Hall–Kier alpha value is -2.08. The third kappa shape index (κ3) is 5.39. The number of rotatable bonds is 5. The lowest BCUT2D eigenvalue weighted by Crippen LogP contribution is -2.30. The number of methoxy groups -OCH3 is 1. The number of benzene rings is 1. The smallest absolute Gasteiger partial charge is 0.319 e. The molecule has 0 saturated carbocycles. The fourth-order valence-electron chi connectivity index (χ4n) is 1.43. The maximum Gasteiger partial charge on any atom is 0.319 e. The summed E-state index contributed by atoms with van der Waals surface area (Å²) in [6.07, 6.45) is -0.471. The van der Waals surface area contributed by atoms with Gasteiger partial charge in [0.25, 0.3) is 0 Å². The summed E-state index contributed by atoms with van der Waals surface area (Å²) in [5, 5.41) is 14.6. The van der Waals surface area contributed by atoms with Crippen LogP contribution < -0.4 is 10.6 Å². The van der Waals surface area contributed by atoms with Gasteiger partial charge in [0.1, 0.15) is 0 Å². The van der Waals surface area contributed by atoms with Crippen molar-refractivity contribution >= 4 is 17.7 Å². The number of aliphatic hydroxyl groups excluding tert-OH is 1. The highest BCUT2D eigenvalue weighted by Crippen LogP contribution is 2.16. The molecule has 3 N–H and O–H groups in total. The van der Waals surface area contributed by atoms with Crippen LogP contribution in [0.1, 0.15) is 25.0 Å². The van der Waals surface area contributed by atoms with Gasteiger partial charge in [-0.1, -0.05) is 12.1 Å². The number of nitrogens with one attached hydrogen (secondary N) is 2. The Bertz CT molecular complexity index is 446. The first-order valence-electron chi connectivity index (χ1n) is 5.92. The van der Waals surface area contributed by atoms with Crippen molar-refractivity contribution in [3.05, 3.63) is 29.8 Å². The fourth-order valence-corrected chi connectivity index (χ4v) is 1.43. The molecule has 0 aliphatic heterocycles. The van der Waals surface area contributed by atoms with E-state index < -0.39 is 12.1 Å². The zero-order valence-corrected chi connectivity index (χ0v) is 11.0. The van der Waals surface area contributed by atoms with Crippen LogP contribution in [0.15, 0.2) is 24.3 Å². The Balaban J connectivity index is 2.44. The second kappa shape index (κ2) is 7.38. The van der Waals surface area contributed by atoms with E-state index in [0.717, 1.165) is 0 Å². The van der Waals surface area contributed by atoms with Crippen LogP contribution in [0.2, 0.25) is 0 Å². The number of ether oxygens (including phenoxy) is 1. The van der Waals surface area contributed by atoms with Gasteiger partial charge in [-0.25, -0.2) is 4.79 Å². The van der Waals surface area contributed by atoms with Crippen molar-refractivity contribution in [3.63, 3.8) is 0 Å². The summed E-state index contributed by atoms with van der Waals surface area (Å²) < 4.78 is 4.45. The van der Waals surface area contributed by atoms with Gasteiger partial charge < -0.3 is 20.5 Å². The second-order valence-electron chi connectivity index (χ2n) is 4.01. The highest BCUT2D eigenvalue weighted by Gasteiger charge is 2.06. The Labute approximate surface area is 111 Å². The first-order valence-corrected chi connectivity index (χ1v) is 5.92. The van der Waals surface area contributed by atoms with Crippen molar-refractivity contribution < 1.29 is 19.4 Å². The average Bonchev–Trinajstić information content (AvgIpc) is 2.38. The molecule has 0 aliphatic rings. The van der Waals surface area contributed by atoms with E-state index in [1.165, 1.54) is 7.11 Å². The molecule has 6 heteroatoms. The number of amides is 2. The van der Waals surface area contributed by atoms with Crippen LogP contribution in [0.4, 0.5) is 10.5 Å². The van der Waals surface area contributed by atoms with E-state index >= 15 is 0 Å².